The van der Waals surface area contributed by atoms with Crippen LogP contribution in [0, 0.1) is 0 Å². The van der Waals surface area contributed by atoms with Crippen molar-refractivity contribution in [3.05, 3.63) is 17.8 Å². The lowest BCUT2D eigenvalue weighted by Crippen LogP contribution is -2.53. The van der Waals surface area contributed by atoms with Gasteiger partial charge in [0.15, 0.2) is 0 Å². The molecule has 0 saturated carbocycles. The van der Waals surface area contributed by atoms with Crippen molar-refractivity contribution in [2.45, 2.75) is 58.7 Å². The first-order chi connectivity index (χ1) is 9.75. The Bertz CT molecular complexity index is 451. The third kappa shape index (κ3) is 4.53. The van der Waals surface area contributed by atoms with Crippen molar-refractivity contribution in [1.29, 1.82) is 0 Å². The van der Waals surface area contributed by atoms with Crippen LogP contribution >= 0.6 is 0 Å². The summed E-state index contributed by atoms with van der Waals surface area (Å²) in [6.07, 6.45) is 1.59. The fourth-order valence-corrected chi connectivity index (χ4v) is 2.75. The summed E-state index contributed by atoms with van der Waals surface area (Å²) in [4.78, 5) is 9.13. The van der Waals surface area contributed by atoms with E-state index in [9.17, 15) is 5.11 Å². The number of aliphatic hydroxyl groups is 1. The lowest BCUT2D eigenvalue weighted by molar-refractivity contribution is 0.0390. The van der Waals surface area contributed by atoms with Gasteiger partial charge in [-0.2, -0.15) is 0 Å². The van der Waals surface area contributed by atoms with E-state index in [1.54, 1.807) is 0 Å². The highest BCUT2D eigenvalue weighted by atomic mass is 16.4. The number of hydrogen-bond acceptors (Lipinski definition) is 5. The highest BCUT2D eigenvalue weighted by Gasteiger charge is 2.26. The second-order valence-corrected chi connectivity index (χ2v) is 7.30. The third-order valence-electron chi connectivity index (χ3n) is 4.00. The normalized spacial score (nSPS) is 23.4. The molecule has 0 bridgehead atoms. The number of piperazine rings is 1. The van der Waals surface area contributed by atoms with E-state index >= 15 is 0 Å². The van der Waals surface area contributed by atoms with Crippen molar-refractivity contribution in [3.63, 3.8) is 0 Å². The van der Waals surface area contributed by atoms with E-state index < -0.39 is 0 Å². The Labute approximate surface area is 127 Å². The van der Waals surface area contributed by atoms with Gasteiger partial charge in [0.1, 0.15) is 5.76 Å². The monoisotopic (exact) mass is 295 g/mol. The Morgan fingerprint density at radius 3 is 2.67 bits per heavy atom. The van der Waals surface area contributed by atoms with Gasteiger partial charge in [-0.15, -0.1) is 0 Å². The van der Waals surface area contributed by atoms with E-state index in [-0.39, 0.29) is 11.5 Å². The number of aliphatic hydroxyl groups excluding tert-OH is 1. The molecule has 0 amide bonds. The molecule has 0 spiro atoms. The molecule has 5 nitrogen and oxygen atoms in total. The summed E-state index contributed by atoms with van der Waals surface area (Å²) < 4.78 is 5.87. The molecular formula is C16H29N3O2. The SMILES string of the molecule is C[C@@H]1CN(Cc2ncc(C(C)(C)C)o2)CCN1C[C@@H](C)O. The number of aromatic nitrogens is 1. The largest absolute Gasteiger partial charge is 0.444 e. The summed E-state index contributed by atoms with van der Waals surface area (Å²) >= 11 is 0. The third-order valence-corrected chi connectivity index (χ3v) is 4.00. The molecular weight excluding hydrogens is 266 g/mol. The van der Waals surface area contributed by atoms with E-state index in [1.165, 1.54) is 0 Å². The Balaban J connectivity index is 1.89. The molecule has 120 valence electrons. The van der Waals surface area contributed by atoms with Gasteiger partial charge in [0.05, 0.1) is 18.8 Å². The maximum absolute atomic E-state index is 9.52. The summed E-state index contributed by atoms with van der Waals surface area (Å²) in [6.45, 7) is 14.9. The molecule has 2 heterocycles. The minimum Gasteiger partial charge on any atom is -0.444 e. The zero-order valence-corrected chi connectivity index (χ0v) is 14.0. The Kier molecular flexibility index (Phi) is 5.07. The highest BCUT2D eigenvalue weighted by Crippen LogP contribution is 2.23. The minimum atomic E-state index is -0.264. The lowest BCUT2D eigenvalue weighted by atomic mass is 9.94. The Morgan fingerprint density at radius 2 is 2.14 bits per heavy atom. The van der Waals surface area contributed by atoms with Crippen LogP contribution in [0.5, 0.6) is 0 Å². The summed E-state index contributed by atoms with van der Waals surface area (Å²) in [5.74, 6) is 1.74. The number of nitrogens with zero attached hydrogens (tertiary/aromatic N) is 3. The first kappa shape index (κ1) is 16.5. The van der Waals surface area contributed by atoms with E-state index in [0.29, 0.717) is 6.04 Å². The lowest BCUT2D eigenvalue weighted by Gasteiger charge is -2.39. The maximum Gasteiger partial charge on any atom is 0.208 e. The molecule has 21 heavy (non-hydrogen) atoms. The predicted molar refractivity (Wildman–Crippen MR) is 83.2 cm³/mol. The quantitative estimate of drug-likeness (QED) is 0.919. The molecule has 1 fully saturated rings. The highest BCUT2D eigenvalue weighted by molar-refractivity contribution is 5.06. The standard InChI is InChI=1S/C16H29N3O2/c1-12-9-18(6-7-19(12)10-13(2)20)11-15-17-8-14(21-15)16(3,4)5/h8,12-13,20H,6-7,9-11H2,1-5H3/t12-,13-/m1/s1. The molecule has 0 unspecified atom stereocenters. The Morgan fingerprint density at radius 1 is 1.43 bits per heavy atom. The van der Waals surface area contributed by atoms with Crippen LogP contribution < -0.4 is 0 Å². The first-order valence-electron chi connectivity index (χ1n) is 7.85. The van der Waals surface area contributed by atoms with Gasteiger partial charge >= 0.3 is 0 Å². The number of oxazole rings is 1. The molecule has 1 aliphatic rings. The molecule has 0 aliphatic carbocycles. The van der Waals surface area contributed by atoms with Crippen LogP contribution in [0.2, 0.25) is 0 Å². The number of rotatable bonds is 4. The van der Waals surface area contributed by atoms with Crippen molar-refractivity contribution in [2.75, 3.05) is 26.2 Å². The Hall–Kier alpha value is -0.910. The minimum absolute atomic E-state index is 0.00844. The number of hydrogen-bond donors (Lipinski definition) is 1. The second-order valence-electron chi connectivity index (χ2n) is 7.30. The second kappa shape index (κ2) is 6.46. The van der Waals surface area contributed by atoms with Crippen LogP contribution in [0.25, 0.3) is 0 Å². The smallest absolute Gasteiger partial charge is 0.208 e. The van der Waals surface area contributed by atoms with Gasteiger partial charge in [-0.3, -0.25) is 9.80 Å². The molecule has 0 aromatic carbocycles. The molecule has 1 aromatic heterocycles. The molecule has 1 aromatic rings. The molecule has 2 rings (SSSR count). The van der Waals surface area contributed by atoms with E-state index in [0.717, 1.165) is 44.4 Å². The molecule has 5 heteroatoms. The molecule has 1 aliphatic heterocycles. The van der Waals surface area contributed by atoms with E-state index in [1.807, 2.05) is 13.1 Å². The van der Waals surface area contributed by atoms with Crippen LogP contribution in [0.3, 0.4) is 0 Å². The molecule has 1 saturated heterocycles. The molecule has 2 atom stereocenters. The van der Waals surface area contributed by atoms with Gasteiger partial charge in [0.2, 0.25) is 5.89 Å². The fraction of sp³-hybridized carbons (Fsp3) is 0.812. The van der Waals surface area contributed by atoms with Crippen LogP contribution in [-0.4, -0.2) is 58.2 Å². The van der Waals surface area contributed by atoms with Crippen LogP contribution in [0.1, 0.15) is 46.3 Å². The van der Waals surface area contributed by atoms with Gasteiger partial charge in [0.25, 0.3) is 0 Å². The van der Waals surface area contributed by atoms with Crippen molar-refractivity contribution < 1.29 is 9.52 Å². The van der Waals surface area contributed by atoms with E-state index in [2.05, 4.69) is 42.5 Å². The predicted octanol–water partition coefficient (Wildman–Crippen LogP) is 1.86. The summed E-state index contributed by atoms with van der Waals surface area (Å²) in [5, 5.41) is 9.52. The topological polar surface area (TPSA) is 52.7 Å². The van der Waals surface area contributed by atoms with Crippen molar-refractivity contribution >= 4 is 0 Å². The van der Waals surface area contributed by atoms with Crippen molar-refractivity contribution in [2.24, 2.45) is 0 Å². The van der Waals surface area contributed by atoms with Gasteiger partial charge < -0.3 is 9.52 Å². The molecule has 1 N–H and O–H groups in total. The molecule has 0 radical (unpaired) electrons. The average Bonchev–Trinajstić information content (AvgIpc) is 2.80. The van der Waals surface area contributed by atoms with Gasteiger partial charge in [0, 0.05) is 37.6 Å². The van der Waals surface area contributed by atoms with E-state index in [4.69, 9.17) is 4.42 Å². The van der Waals surface area contributed by atoms with Crippen molar-refractivity contribution in [3.8, 4) is 0 Å². The van der Waals surface area contributed by atoms with Gasteiger partial charge in [-0.25, -0.2) is 4.98 Å². The van der Waals surface area contributed by atoms with Crippen LogP contribution in [0.4, 0.5) is 0 Å². The number of β-amino-alcohol motifs (C(OH)–C–C–N with tert-alkyl or cyclic N) is 1. The van der Waals surface area contributed by atoms with Gasteiger partial charge in [-0.05, 0) is 13.8 Å². The maximum atomic E-state index is 9.52. The average molecular weight is 295 g/mol. The fourth-order valence-electron chi connectivity index (χ4n) is 2.75. The zero-order chi connectivity index (χ0) is 15.6. The summed E-state index contributed by atoms with van der Waals surface area (Å²) in [7, 11) is 0. The van der Waals surface area contributed by atoms with Crippen molar-refractivity contribution in [1.82, 2.24) is 14.8 Å². The van der Waals surface area contributed by atoms with Crippen LogP contribution in [-0.2, 0) is 12.0 Å². The summed E-state index contributed by atoms with van der Waals surface area (Å²) in [5.41, 5.74) is 0.00844. The first-order valence-corrected chi connectivity index (χ1v) is 7.85. The van der Waals surface area contributed by atoms with Gasteiger partial charge in [-0.1, -0.05) is 20.8 Å². The zero-order valence-electron chi connectivity index (χ0n) is 14.0. The summed E-state index contributed by atoms with van der Waals surface area (Å²) in [6, 6.07) is 0.449. The van der Waals surface area contributed by atoms with Crippen LogP contribution in [0.15, 0.2) is 10.6 Å².